The van der Waals surface area contributed by atoms with Crippen LogP contribution in [0.25, 0.3) is 0 Å². The van der Waals surface area contributed by atoms with Crippen LogP contribution in [0.1, 0.15) is 44.4 Å². The van der Waals surface area contributed by atoms with Gasteiger partial charge in [-0.05, 0) is 42.6 Å². The molecule has 0 bridgehead atoms. The van der Waals surface area contributed by atoms with Crippen LogP contribution in [0.15, 0.2) is 18.2 Å². The van der Waals surface area contributed by atoms with Crippen LogP contribution in [0.4, 0.5) is 0 Å². The van der Waals surface area contributed by atoms with E-state index in [0.717, 1.165) is 13.0 Å². The summed E-state index contributed by atoms with van der Waals surface area (Å²) in [5.41, 5.74) is 4.63. The largest absolute Gasteiger partial charge is 0.305 e. The molecule has 0 aliphatic carbocycles. The Bertz CT molecular complexity index is 345. The van der Waals surface area contributed by atoms with Gasteiger partial charge in [0.25, 0.3) is 0 Å². The van der Waals surface area contributed by atoms with Gasteiger partial charge in [-0.2, -0.15) is 0 Å². The lowest BCUT2D eigenvalue weighted by Gasteiger charge is -2.24. The second-order valence-electron chi connectivity index (χ2n) is 5.83. The van der Waals surface area contributed by atoms with Crippen molar-refractivity contribution in [3.63, 3.8) is 0 Å². The topological polar surface area (TPSA) is 3.24 Å². The molecule has 0 saturated carbocycles. The van der Waals surface area contributed by atoms with Crippen LogP contribution >= 0.6 is 0 Å². The van der Waals surface area contributed by atoms with Crippen LogP contribution in [0.5, 0.6) is 0 Å². The molecule has 0 aromatic heterocycles. The Labute approximate surface area is 100 Å². The van der Waals surface area contributed by atoms with E-state index in [-0.39, 0.29) is 5.41 Å². The molecular weight excluding hydrogens is 194 g/mol. The van der Waals surface area contributed by atoms with Crippen molar-refractivity contribution in [1.82, 2.24) is 4.90 Å². The van der Waals surface area contributed by atoms with Gasteiger partial charge in [0.2, 0.25) is 0 Å². The fraction of sp³-hybridized carbons (Fsp3) is 0.600. The fourth-order valence-electron chi connectivity index (χ4n) is 2.09. The summed E-state index contributed by atoms with van der Waals surface area (Å²) in [5, 5.41) is 0. The minimum atomic E-state index is 0.244. The number of aryl methyl sites for hydroxylation is 1. The first-order chi connectivity index (χ1) is 7.34. The van der Waals surface area contributed by atoms with Gasteiger partial charge in [-0.15, -0.1) is 0 Å². The molecule has 0 saturated heterocycles. The lowest BCUT2D eigenvalue weighted by atomic mass is 9.82. The Balaban J connectivity index is 3.12. The Morgan fingerprint density at radius 3 is 2.19 bits per heavy atom. The van der Waals surface area contributed by atoms with Crippen LogP contribution in [0.3, 0.4) is 0 Å². The zero-order chi connectivity index (χ0) is 12.3. The molecule has 1 aromatic carbocycles. The number of benzene rings is 1. The molecular formula is C15H25N. The summed E-state index contributed by atoms with van der Waals surface area (Å²) in [6.45, 7) is 10.1. The van der Waals surface area contributed by atoms with Gasteiger partial charge in [-0.3, -0.25) is 0 Å². The number of nitrogens with zero attached hydrogens (tertiary/aromatic N) is 1. The Morgan fingerprint density at radius 2 is 1.75 bits per heavy atom. The van der Waals surface area contributed by atoms with E-state index in [1.807, 2.05) is 0 Å². The van der Waals surface area contributed by atoms with Gasteiger partial charge < -0.3 is 4.90 Å². The highest BCUT2D eigenvalue weighted by Crippen LogP contribution is 2.27. The summed E-state index contributed by atoms with van der Waals surface area (Å²) in [7, 11) is 4.23. The summed E-state index contributed by atoms with van der Waals surface area (Å²) in [6.07, 6.45) is 1.12. The number of hydrogen-bond donors (Lipinski definition) is 0. The summed E-state index contributed by atoms with van der Waals surface area (Å²) in [5.74, 6) is 0. The quantitative estimate of drug-likeness (QED) is 0.750. The maximum Gasteiger partial charge on any atom is 0.0227 e. The molecule has 16 heavy (non-hydrogen) atoms. The zero-order valence-corrected chi connectivity index (χ0v) is 11.6. The van der Waals surface area contributed by atoms with Crippen LogP contribution in [0.2, 0.25) is 0 Å². The van der Waals surface area contributed by atoms with Crippen molar-refractivity contribution in [2.45, 2.75) is 46.1 Å². The van der Waals surface area contributed by atoms with Gasteiger partial charge >= 0.3 is 0 Å². The molecule has 0 amide bonds. The van der Waals surface area contributed by atoms with Crippen LogP contribution in [0, 0.1) is 0 Å². The van der Waals surface area contributed by atoms with Gasteiger partial charge in [0.05, 0.1) is 0 Å². The third-order valence-electron chi connectivity index (χ3n) is 2.86. The second kappa shape index (κ2) is 5.01. The lowest BCUT2D eigenvalue weighted by Crippen LogP contribution is -2.16. The molecule has 0 heterocycles. The minimum absolute atomic E-state index is 0.244. The molecule has 0 spiro atoms. The highest BCUT2D eigenvalue weighted by atomic mass is 15.0. The molecule has 0 fully saturated rings. The second-order valence-corrected chi connectivity index (χ2v) is 5.83. The monoisotopic (exact) mass is 219 g/mol. The van der Waals surface area contributed by atoms with Crippen molar-refractivity contribution < 1.29 is 0 Å². The third kappa shape index (κ3) is 3.34. The maximum absolute atomic E-state index is 2.37. The standard InChI is InChI=1S/C15H25N/c1-7-13-9-8-12(11-16(5)6)10-14(13)15(2,3)4/h8-10H,7,11H2,1-6H3. The molecule has 0 radical (unpaired) electrons. The van der Waals surface area contributed by atoms with Crippen LogP contribution < -0.4 is 0 Å². The molecule has 1 rings (SSSR count). The van der Waals surface area contributed by atoms with Crippen molar-refractivity contribution in [1.29, 1.82) is 0 Å². The molecule has 0 unspecified atom stereocenters. The molecule has 1 aromatic rings. The fourth-order valence-corrected chi connectivity index (χ4v) is 2.09. The predicted molar refractivity (Wildman–Crippen MR) is 71.9 cm³/mol. The van der Waals surface area contributed by atoms with Gasteiger partial charge in [0.15, 0.2) is 0 Å². The zero-order valence-electron chi connectivity index (χ0n) is 11.6. The van der Waals surface area contributed by atoms with Crippen molar-refractivity contribution in [3.8, 4) is 0 Å². The summed E-state index contributed by atoms with van der Waals surface area (Å²) < 4.78 is 0. The van der Waals surface area contributed by atoms with Crippen LogP contribution in [-0.4, -0.2) is 19.0 Å². The molecule has 0 atom stereocenters. The summed E-state index contributed by atoms with van der Waals surface area (Å²) in [6, 6.07) is 6.92. The maximum atomic E-state index is 2.37. The molecule has 0 aliphatic heterocycles. The lowest BCUT2D eigenvalue weighted by molar-refractivity contribution is 0.402. The van der Waals surface area contributed by atoms with Crippen molar-refractivity contribution in [2.75, 3.05) is 14.1 Å². The highest BCUT2D eigenvalue weighted by Gasteiger charge is 2.17. The number of hydrogen-bond acceptors (Lipinski definition) is 1. The average molecular weight is 219 g/mol. The Morgan fingerprint density at radius 1 is 1.12 bits per heavy atom. The van der Waals surface area contributed by atoms with E-state index in [0.29, 0.717) is 0 Å². The SMILES string of the molecule is CCc1ccc(CN(C)C)cc1C(C)(C)C. The summed E-state index contributed by atoms with van der Waals surface area (Å²) in [4.78, 5) is 2.22. The minimum Gasteiger partial charge on any atom is -0.305 e. The van der Waals surface area contributed by atoms with E-state index in [9.17, 15) is 0 Å². The predicted octanol–water partition coefficient (Wildman–Crippen LogP) is 3.61. The molecule has 1 heteroatoms. The van der Waals surface area contributed by atoms with Gasteiger partial charge in [-0.25, -0.2) is 0 Å². The molecule has 0 N–H and O–H groups in total. The van der Waals surface area contributed by atoms with Gasteiger partial charge in [0, 0.05) is 6.54 Å². The van der Waals surface area contributed by atoms with E-state index < -0.39 is 0 Å². The average Bonchev–Trinajstić information content (AvgIpc) is 2.15. The van der Waals surface area contributed by atoms with E-state index in [1.165, 1.54) is 16.7 Å². The van der Waals surface area contributed by atoms with E-state index in [2.05, 4.69) is 64.9 Å². The molecule has 1 nitrogen and oxygen atoms in total. The summed E-state index contributed by atoms with van der Waals surface area (Å²) >= 11 is 0. The van der Waals surface area contributed by atoms with Gasteiger partial charge in [0.1, 0.15) is 0 Å². The van der Waals surface area contributed by atoms with E-state index >= 15 is 0 Å². The van der Waals surface area contributed by atoms with Crippen molar-refractivity contribution >= 4 is 0 Å². The molecule has 0 aliphatic rings. The van der Waals surface area contributed by atoms with Crippen molar-refractivity contribution in [3.05, 3.63) is 34.9 Å². The first-order valence-electron chi connectivity index (χ1n) is 6.11. The first kappa shape index (κ1) is 13.2. The van der Waals surface area contributed by atoms with Crippen LogP contribution in [-0.2, 0) is 18.4 Å². The van der Waals surface area contributed by atoms with E-state index in [1.54, 1.807) is 0 Å². The number of rotatable bonds is 3. The molecule has 90 valence electrons. The normalized spacial score (nSPS) is 12.2. The first-order valence-corrected chi connectivity index (χ1v) is 6.11. The van der Waals surface area contributed by atoms with E-state index in [4.69, 9.17) is 0 Å². The Kier molecular flexibility index (Phi) is 4.15. The smallest absolute Gasteiger partial charge is 0.0227 e. The van der Waals surface area contributed by atoms with Gasteiger partial charge in [-0.1, -0.05) is 45.9 Å². The Hall–Kier alpha value is -0.820. The van der Waals surface area contributed by atoms with Crippen molar-refractivity contribution in [2.24, 2.45) is 0 Å². The third-order valence-corrected chi connectivity index (χ3v) is 2.86. The highest BCUT2D eigenvalue weighted by molar-refractivity contribution is 5.36.